The summed E-state index contributed by atoms with van der Waals surface area (Å²) in [5, 5.41) is 0. The van der Waals surface area contributed by atoms with E-state index in [0.717, 1.165) is 23.5 Å². The summed E-state index contributed by atoms with van der Waals surface area (Å²) < 4.78 is 11.2. The first kappa shape index (κ1) is 11.0. The molecular weight excluding hydrogens is 202 g/mol. The summed E-state index contributed by atoms with van der Waals surface area (Å²) in [6, 6.07) is 4.02. The summed E-state index contributed by atoms with van der Waals surface area (Å²) in [6.45, 7) is 3.93. The van der Waals surface area contributed by atoms with Crippen LogP contribution in [0, 0.1) is 0 Å². The summed E-state index contributed by atoms with van der Waals surface area (Å²) in [5.41, 5.74) is 7.82. The first-order valence-corrected chi connectivity index (χ1v) is 5.65. The maximum absolute atomic E-state index is 5.68. The SMILES string of the molecule is CCc1c(/C=C/CN)ccc2c1OCCO2. The molecule has 1 aliphatic rings. The molecular formula is C13H17NO2. The van der Waals surface area contributed by atoms with Gasteiger partial charge in [0.15, 0.2) is 11.5 Å². The number of fused-ring (bicyclic) bond motifs is 1. The van der Waals surface area contributed by atoms with Gasteiger partial charge in [-0.15, -0.1) is 0 Å². The van der Waals surface area contributed by atoms with Gasteiger partial charge < -0.3 is 15.2 Å². The molecule has 3 heteroatoms. The molecule has 1 aromatic carbocycles. The van der Waals surface area contributed by atoms with Crippen LogP contribution in [0.5, 0.6) is 11.5 Å². The van der Waals surface area contributed by atoms with Crippen molar-refractivity contribution in [2.75, 3.05) is 19.8 Å². The van der Waals surface area contributed by atoms with Crippen molar-refractivity contribution in [3.8, 4) is 11.5 Å². The second-order valence-corrected chi connectivity index (χ2v) is 3.65. The fraction of sp³-hybridized carbons (Fsp3) is 0.385. The lowest BCUT2D eigenvalue weighted by Crippen LogP contribution is -2.16. The maximum Gasteiger partial charge on any atom is 0.165 e. The second kappa shape index (κ2) is 5.03. The van der Waals surface area contributed by atoms with E-state index < -0.39 is 0 Å². The Labute approximate surface area is 95.9 Å². The van der Waals surface area contributed by atoms with Crippen LogP contribution >= 0.6 is 0 Å². The van der Waals surface area contributed by atoms with Gasteiger partial charge in [0, 0.05) is 12.1 Å². The quantitative estimate of drug-likeness (QED) is 0.845. The largest absolute Gasteiger partial charge is 0.486 e. The molecule has 0 bridgehead atoms. The molecule has 0 spiro atoms. The number of hydrogen-bond donors (Lipinski definition) is 1. The molecule has 0 atom stereocenters. The number of ether oxygens (including phenoxy) is 2. The van der Waals surface area contributed by atoms with Gasteiger partial charge in [-0.3, -0.25) is 0 Å². The van der Waals surface area contributed by atoms with Gasteiger partial charge >= 0.3 is 0 Å². The molecule has 0 saturated heterocycles. The molecule has 0 radical (unpaired) electrons. The van der Waals surface area contributed by atoms with Gasteiger partial charge in [-0.05, 0) is 18.1 Å². The van der Waals surface area contributed by atoms with Crippen molar-refractivity contribution in [3.05, 3.63) is 29.3 Å². The van der Waals surface area contributed by atoms with Gasteiger partial charge in [-0.2, -0.15) is 0 Å². The lowest BCUT2D eigenvalue weighted by atomic mass is 10.0. The van der Waals surface area contributed by atoms with E-state index in [9.17, 15) is 0 Å². The predicted octanol–water partition coefficient (Wildman–Crippen LogP) is 1.99. The molecule has 86 valence electrons. The molecule has 2 rings (SSSR count). The lowest BCUT2D eigenvalue weighted by Gasteiger charge is -2.22. The normalized spacial score (nSPS) is 14.4. The van der Waals surface area contributed by atoms with Crippen molar-refractivity contribution in [3.63, 3.8) is 0 Å². The first-order chi connectivity index (χ1) is 7.86. The van der Waals surface area contributed by atoms with E-state index in [1.54, 1.807) is 0 Å². The fourth-order valence-electron chi connectivity index (χ4n) is 1.90. The minimum atomic E-state index is 0.553. The molecule has 0 saturated carbocycles. The van der Waals surface area contributed by atoms with Crippen LogP contribution in [0.1, 0.15) is 18.1 Å². The van der Waals surface area contributed by atoms with E-state index in [-0.39, 0.29) is 0 Å². The summed E-state index contributed by atoms with van der Waals surface area (Å²) in [5.74, 6) is 1.75. The third-order valence-corrected chi connectivity index (χ3v) is 2.63. The van der Waals surface area contributed by atoms with E-state index >= 15 is 0 Å². The van der Waals surface area contributed by atoms with E-state index in [0.29, 0.717) is 19.8 Å². The Balaban J connectivity index is 2.43. The van der Waals surface area contributed by atoms with Crippen molar-refractivity contribution in [1.82, 2.24) is 0 Å². The molecule has 0 unspecified atom stereocenters. The average Bonchev–Trinajstić information content (AvgIpc) is 2.35. The van der Waals surface area contributed by atoms with E-state index in [4.69, 9.17) is 15.2 Å². The van der Waals surface area contributed by atoms with Crippen LogP contribution in [0.3, 0.4) is 0 Å². The number of benzene rings is 1. The predicted molar refractivity (Wildman–Crippen MR) is 64.9 cm³/mol. The van der Waals surface area contributed by atoms with E-state index in [1.807, 2.05) is 18.2 Å². The minimum absolute atomic E-state index is 0.553. The highest BCUT2D eigenvalue weighted by atomic mass is 16.6. The summed E-state index contributed by atoms with van der Waals surface area (Å²) in [4.78, 5) is 0. The van der Waals surface area contributed by atoms with E-state index in [1.165, 1.54) is 5.56 Å². The Morgan fingerprint density at radius 2 is 2.12 bits per heavy atom. The van der Waals surface area contributed by atoms with Gasteiger partial charge in [-0.25, -0.2) is 0 Å². The van der Waals surface area contributed by atoms with Crippen LogP contribution in [0.4, 0.5) is 0 Å². The second-order valence-electron chi connectivity index (χ2n) is 3.65. The van der Waals surface area contributed by atoms with Gasteiger partial charge in [0.25, 0.3) is 0 Å². The highest BCUT2D eigenvalue weighted by Crippen LogP contribution is 2.36. The monoisotopic (exact) mass is 219 g/mol. The van der Waals surface area contributed by atoms with Gasteiger partial charge in [-0.1, -0.05) is 25.1 Å². The topological polar surface area (TPSA) is 44.5 Å². The molecule has 0 aliphatic carbocycles. The van der Waals surface area contributed by atoms with Crippen molar-refractivity contribution in [2.45, 2.75) is 13.3 Å². The van der Waals surface area contributed by atoms with Gasteiger partial charge in [0.05, 0.1) is 0 Å². The van der Waals surface area contributed by atoms with Crippen LogP contribution in [0.2, 0.25) is 0 Å². The Bertz CT molecular complexity index is 399. The van der Waals surface area contributed by atoms with Crippen LogP contribution in [0.15, 0.2) is 18.2 Å². The third-order valence-electron chi connectivity index (χ3n) is 2.63. The number of rotatable bonds is 3. The number of nitrogens with two attached hydrogens (primary N) is 1. The summed E-state index contributed by atoms with van der Waals surface area (Å²) in [7, 11) is 0. The fourth-order valence-corrected chi connectivity index (χ4v) is 1.90. The molecule has 16 heavy (non-hydrogen) atoms. The third kappa shape index (κ3) is 2.04. The molecule has 1 aliphatic heterocycles. The summed E-state index contributed by atoms with van der Waals surface area (Å²) in [6.07, 6.45) is 4.92. The highest BCUT2D eigenvalue weighted by molar-refractivity contribution is 5.62. The van der Waals surface area contributed by atoms with E-state index in [2.05, 4.69) is 13.0 Å². The molecule has 0 amide bonds. The van der Waals surface area contributed by atoms with Crippen molar-refractivity contribution in [2.24, 2.45) is 5.73 Å². The average molecular weight is 219 g/mol. The molecule has 0 fully saturated rings. The zero-order chi connectivity index (χ0) is 11.4. The molecule has 0 aromatic heterocycles. The molecule has 2 N–H and O–H groups in total. The van der Waals surface area contributed by atoms with Crippen LogP contribution in [0.25, 0.3) is 6.08 Å². The standard InChI is InChI=1S/C13H17NO2/c1-2-11-10(4-3-7-14)5-6-12-13(11)16-9-8-15-12/h3-6H,2,7-9,14H2,1H3/b4-3+. The zero-order valence-electron chi connectivity index (χ0n) is 9.53. The van der Waals surface area contributed by atoms with Crippen LogP contribution in [-0.2, 0) is 6.42 Å². The molecule has 1 heterocycles. The molecule has 1 aromatic rings. The Morgan fingerprint density at radius 3 is 2.88 bits per heavy atom. The Kier molecular flexibility index (Phi) is 3.47. The Morgan fingerprint density at radius 1 is 1.31 bits per heavy atom. The van der Waals surface area contributed by atoms with Crippen LogP contribution < -0.4 is 15.2 Å². The lowest BCUT2D eigenvalue weighted by molar-refractivity contribution is 0.170. The number of hydrogen-bond acceptors (Lipinski definition) is 3. The smallest absolute Gasteiger partial charge is 0.165 e. The van der Waals surface area contributed by atoms with Gasteiger partial charge in [0.1, 0.15) is 13.2 Å². The minimum Gasteiger partial charge on any atom is -0.486 e. The van der Waals surface area contributed by atoms with Crippen molar-refractivity contribution in [1.29, 1.82) is 0 Å². The zero-order valence-corrected chi connectivity index (χ0v) is 9.53. The Hall–Kier alpha value is -1.48. The first-order valence-electron chi connectivity index (χ1n) is 5.65. The summed E-state index contributed by atoms with van der Waals surface area (Å²) >= 11 is 0. The van der Waals surface area contributed by atoms with Crippen molar-refractivity contribution < 1.29 is 9.47 Å². The van der Waals surface area contributed by atoms with Gasteiger partial charge in [0.2, 0.25) is 0 Å². The highest BCUT2D eigenvalue weighted by Gasteiger charge is 2.16. The maximum atomic E-state index is 5.68. The van der Waals surface area contributed by atoms with Crippen LogP contribution in [-0.4, -0.2) is 19.8 Å². The van der Waals surface area contributed by atoms with Crippen molar-refractivity contribution >= 4 is 6.08 Å². The molecule has 3 nitrogen and oxygen atoms in total.